The molecule has 148 valence electrons. The Morgan fingerprint density at radius 2 is 1.86 bits per heavy atom. The number of hydrogen-bond acceptors (Lipinski definition) is 7. The van der Waals surface area contributed by atoms with Crippen molar-refractivity contribution in [2.45, 2.75) is 18.7 Å². The first-order valence-electron chi connectivity index (χ1n) is 8.87. The van der Waals surface area contributed by atoms with Gasteiger partial charge in [-0.2, -0.15) is 0 Å². The number of thiophene rings is 1. The van der Waals surface area contributed by atoms with Crippen LogP contribution in [0.1, 0.15) is 23.5 Å². The average molecular weight is 435 g/mol. The molecular weight excluding hydrogens is 412 g/mol. The van der Waals surface area contributed by atoms with E-state index in [2.05, 4.69) is 29.0 Å². The number of anilines is 2. The molecule has 2 aromatic heterocycles. The van der Waals surface area contributed by atoms with Gasteiger partial charge in [-0.1, -0.05) is 23.5 Å². The zero-order chi connectivity index (χ0) is 20.3. The minimum absolute atomic E-state index is 0.0912. The van der Waals surface area contributed by atoms with Gasteiger partial charge in [0, 0.05) is 32.1 Å². The van der Waals surface area contributed by atoms with Crippen molar-refractivity contribution in [3.63, 3.8) is 0 Å². The van der Waals surface area contributed by atoms with Gasteiger partial charge < -0.3 is 15.1 Å². The number of nitrogens with one attached hydrogen (secondary N) is 1. The number of hydrogen-bond donors (Lipinski definition) is 1. The van der Waals surface area contributed by atoms with Gasteiger partial charge in [-0.05, 0) is 43.8 Å². The number of carbonyl (C=O) groups excluding carboxylic acids is 2. The van der Waals surface area contributed by atoms with Gasteiger partial charge in [0.15, 0.2) is 5.13 Å². The Labute approximate surface area is 176 Å². The SMILES string of the molecule is CCN(CC)c1nc2sc(C(=O)Nc3ccccc3SC(=O)N(C)C)cc2s1. The van der Waals surface area contributed by atoms with Crippen LogP contribution in [0.4, 0.5) is 15.6 Å². The molecule has 0 fully saturated rings. The summed E-state index contributed by atoms with van der Waals surface area (Å²) in [6, 6.07) is 9.20. The molecule has 0 saturated carbocycles. The Morgan fingerprint density at radius 1 is 1.14 bits per heavy atom. The fraction of sp³-hybridized carbons (Fsp3) is 0.316. The van der Waals surface area contributed by atoms with E-state index in [1.54, 1.807) is 31.5 Å². The molecule has 9 heteroatoms. The van der Waals surface area contributed by atoms with Gasteiger partial charge in [0.2, 0.25) is 0 Å². The van der Waals surface area contributed by atoms with Gasteiger partial charge >= 0.3 is 0 Å². The van der Waals surface area contributed by atoms with Crippen LogP contribution in [0.3, 0.4) is 0 Å². The van der Waals surface area contributed by atoms with Crippen LogP contribution in [0.15, 0.2) is 35.2 Å². The molecule has 0 radical (unpaired) electrons. The number of amides is 2. The maximum absolute atomic E-state index is 12.7. The third-order valence-electron chi connectivity index (χ3n) is 4.03. The molecule has 1 N–H and O–H groups in total. The predicted molar refractivity (Wildman–Crippen MR) is 120 cm³/mol. The smallest absolute Gasteiger partial charge is 0.286 e. The van der Waals surface area contributed by atoms with Crippen LogP contribution >= 0.6 is 34.4 Å². The monoisotopic (exact) mass is 434 g/mol. The van der Waals surface area contributed by atoms with E-state index in [1.165, 1.54) is 16.2 Å². The average Bonchev–Trinajstić information content (AvgIpc) is 3.23. The first kappa shape index (κ1) is 20.6. The first-order valence-corrected chi connectivity index (χ1v) is 11.3. The number of benzene rings is 1. The summed E-state index contributed by atoms with van der Waals surface area (Å²) >= 11 is 4.08. The fourth-order valence-electron chi connectivity index (χ4n) is 2.49. The third-order valence-corrected chi connectivity index (χ3v) is 7.37. The van der Waals surface area contributed by atoms with Crippen LogP contribution in [0.2, 0.25) is 0 Å². The molecule has 3 rings (SSSR count). The number of nitrogens with zero attached hydrogens (tertiary/aromatic N) is 3. The molecule has 0 unspecified atom stereocenters. The third kappa shape index (κ3) is 4.48. The van der Waals surface area contributed by atoms with E-state index in [0.717, 1.165) is 44.4 Å². The van der Waals surface area contributed by atoms with Crippen molar-refractivity contribution < 1.29 is 9.59 Å². The van der Waals surface area contributed by atoms with E-state index in [-0.39, 0.29) is 11.1 Å². The van der Waals surface area contributed by atoms with Gasteiger partial charge in [-0.25, -0.2) is 4.98 Å². The van der Waals surface area contributed by atoms with Gasteiger partial charge in [0.25, 0.3) is 11.1 Å². The fourth-order valence-corrected chi connectivity index (χ4v) is 5.47. The molecular formula is C19H22N4O2S3. The lowest BCUT2D eigenvalue weighted by molar-refractivity contribution is 0.103. The summed E-state index contributed by atoms with van der Waals surface area (Å²) in [6.07, 6.45) is 0. The molecule has 0 aliphatic heterocycles. The molecule has 2 amide bonds. The summed E-state index contributed by atoms with van der Waals surface area (Å²) in [4.78, 5) is 35.3. The normalized spacial score (nSPS) is 10.9. The largest absolute Gasteiger partial charge is 0.349 e. The van der Waals surface area contributed by atoms with Gasteiger partial charge in [0.05, 0.1) is 15.3 Å². The van der Waals surface area contributed by atoms with E-state index in [4.69, 9.17) is 0 Å². The number of rotatable bonds is 6. The van der Waals surface area contributed by atoms with Crippen molar-refractivity contribution in [1.29, 1.82) is 0 Å². The summed E-state index contributed by atoms with van der Waals surface area (Å²) in [6.45, 7) is 6.03. The maximum Gasteiger partial charge on any atom is 0.286 e. The van der Waals surface area contributed by atoms with E-state index in [0.29, 0.717) is 10.6 Å². The Kier molecular flexibility index (Phi) is 6.58. The highest BCUT2D eigenvalue weighted by atomic mass is 32.2. The summed E-state index contributed by atoms with van der Waals surface area (Å²) in [5.74, 6) is -0.190. The number of fused-ring (bicyclic) bond motifs is 1. The lowest BCUT2D eigenvalue weighted by Gasteiger charge is -2.16. The van der Waals surface area contributed by atoms with Crippen molar-refractivity contribution in [3.8, 4) is 0 Å². The lowest BCUT2D eigenvalue weighted by atomic mass is 10.3. The first-order chi connectivity index (χ1) is 13.4. The van der Waals surface area contributed by atoms with Crippen LogP contribution in [0, 0.1) is 0 Å². The molecule has 3 aromatic rings. The molecule has 0 atom stereocenters. The number of aromatic nitrogens is 1. The van der Waals surface area contributed by atoms with Crippen molar-refractivity contribution in [1.82, 2.24) is 9.88 Å². The van der Waals surface area contributed by atoms with Crippen molar-refractivity contribution in [2.24, 2.45) is 0 Å². The summed E-state index contributed by atoms with van der Waals surface area (Å²) in [5, 5.41) is 3.82. The Balaban J connectivity index is 1.78. The topological polar surface area (TPSA) is 65.5 Å². The lowest BCUT2D eigenvalue weighted by Crippen LogP contribution is -2.21. The molecule has 0 aliphatic carbocycles. The zero-order valence-corrected chi connectivity index (χ0v) is 18.6. The molecule has 0 saturated heterocycles. The quantitative estimate of drug-likeness (QED) is 0.538. The molecule has 0 spiro atoms. The molecule has 1 aromatic carbocycles. The van der Waals surface area contributed by atoms with E-state index >= 15 is 0 Å². The van der Waals surface area contributed by atoms with Crippen LogP contribution in [-0.2, 0) is 0 Å². The summed E-state index contributed by atoms with van der Waals surface area (Å²) in [5.41, 5.74) is 0.626. The Morgan fingerprint density at radius 3 is 2.50 bits per heavy atom. The molecule has 0 bridgehead atoms. The van der Waals surface area contributed by atoms with Crippen molar-refractivity contribution in [2.75, 3.05) is 37.4 Å². The molecule has 2 heterocycles. The number of carbonyl (C=O) groups is 2. The second-order valence-electron chi connectivity index (χ2n) is 6.16. The highest BCUT2D eigenvalue weighted by molar-refractivity contribution is 8.13. The zero-order valence-electron chi connectivity index (χ0n) is 16.2. The van der Waals surface area contributed by atoms with E-state index in [1.807, 2.05) is 24.3 Å². The second kappa shape index (κ2) is 8.93. The predicted octanol–water partition coefficient (Wildman–Crippen LogP) is 5.23. The summed E-state index contributed by atoms with van der Waals surface area (Å²) < 4.78 is 1.02. The number of thiazole rings is 1. The summed E-state index contributed by atoms with van der Waals surface area (Å²) in [7, 11) is 3.41. The van der Waals surface area contributed by atoms with E-state index < -0.39 is 0 Å². The van der Waals surface area contributed by atoms with Crippen LogP contribution in [-0.4, -0.2) is 48.2 Å². The van der Waals surface area contributed by atoms with Gasteiger partial charge in [0.1, 0.15) is 4.83 Å². The maximum atomic E-state index is 12.7. The highest BCUT2D eigenvalue weighted by Gasteiger charge is 2.18. The molecule has 6 nitrogen and oxygen atoms in total. The van der Waals surface area contributed by atoms with Crippen LogP contribution in [0.5, 0.6) is 0 Å². The van der Waals surface area contributed by atoms with Gasteiger partial charge in [-0.15, -0.1) is 11.3 Å². The number of para-hydroxylation sites is 1. The second-order valence-corrected chi connectivity index (χ2v) is 9.19. The highest BCUT2D eigenvalue weighted by Crippen LogP contribution is 2.35. The van der Waals surface area contributed by atoms with Crippen molar-refractivity contribution >= 4 is 65.9 Å². The number of thioether (sulfide) groups is 1. The van der Waals surface area contributed by atoms with Crippen LogP contribution in [0.25, 0.3) is 9.53 Å². The molecule has 28 heavy (non-hydrogen) atoms. The minimum atomic E-state index is -0.190. The van der Waals surface area contributed by atoms with E-state index in [9.17, 15) is 9.59 Å². The van der Waals surface area contributed by atoms with Gasteiger partial charge in [-0.3, -0.25) is 9.59 Å². The van der Waals surface area contributed by atoms with Crippen molar-refractivity contribution in [3.05, 3.63) is 35.2 Å². The standard InChI is InChI=1S/C19H22N4O2S3/c1-5-23(6-2)18-21-17-15(27-18)11-14(26-17)16(24)20-12-9-7-8-10-13(12)28-19(25)22(3)4/h7-11H,5-6H2,1-4H3,(H,20,24). The molecule has 0 aliphatic rings. The van der Waals surface area contributed by atoms with Crippen LogP contribution < -0.4 is 10.2 Å². The minimum Gasteiger partial charge on any atom is -0.349 e. The Bertz CT molecular complexity index is 961. The Hall–Kier alpha value is -2.10.